The molecule has 0 heterocycles. The standard InChI is InChI=1S/C8H18O3/c1-7(2,4-9)8(3,5-10)6-11/h9-11H,4-6H2,1-3H3. The highest BCUT2D eigenvalue weighted by molar-refractivity contribution is 4.87. The smallest absolute Gasteiger partial charge is 0.0512 e. The van der Waals surface area contributed by atoms with Gasteiger partial charge in [-0.25, -0.2) is 0 Å². The first-order valence-corrected chi connectivity index (χ1v) is 3.76. The van der Waals surface area contributed by atoms with Gasteiger partial charge in [-0.15, -0.1) is 0 Å². The van der Waals surface area contributed by atoms with Crippen LogP contribution in [0.2, 0.25) is 0 Å². The Hall–Kier alpha value is -0.120. The quantitative estimate of drug-likeness (QED) is 0.545. The van der Waals surface area contributed by atoms with Crippen molar-refractivity contribution < 1.29 is 15.3 Å². The highest BCUT2D eigenvalue weighted by atomic mass is 16.3. The lowest BCUT2D eigenvalue weighted by Crippen LogP contribution is -2.43. The topological polar surface area (TPSA) is 60.7 Å². The largest absolute Gasteiger partial charge is 0.396 e. The van der Waals surface area contributed by atoms with Crippen molar-refractivity contribution in [1.29, 1.82) is 0 Å². The second kappa shape index (κ2) is 3.52. The van der Waals surface area contributed by atoms with Crippen molar-refractivity contribution in [2.24, 2.45) is 10.8 Å². The van der Waals surface area contributed by atoms with Gasteiger partial charge in [-0.1, -0.05) is 20.8 Å². The van der Waals surface area contributed by atoms with Crippen molar-refractivity contribution in [1.82, 2.24) is 0 Å². The molecule has 0 atom stereocenters. The van der Waals surface area contributed by atoms with Crippen LogP contribution < -0.4 is 0 Å². The molecule has 0 radical (unpaired) electrons. The molecule has 0 spiro atoms. The molecule has 0 saturated carbocycles. The predicted molar refractivity (Wildman–Crippen MR) is 43.1 cm³/mol. The van der Waals surface area contributed by atoms with E-state index in [2.05, 4.69) is 0 Å². The number of aliphatic hydroxyl groups excluding tert-OH is 3. The average molecular weight is 162 g/mol. The average Bonchev–Trinajstić information content (AvgIpc) is 2.02. The normalized spacial score (nSPS) is 13.6. The molecular formula is C8H18O3. The maximum absolute atomic E-state index is 8.98. The third kappa shape index (κ3) is 1.92. The molecule has 0 aliphatic carbocycles. The minimum absolute atomic E-state index is 0.0371. The van der Waals surface area contributed by atoms with Gasteiger partial charge >= 0.3 is 0 Å². The molecule has 0 rings (SSSR count). The van der Waals surface area contributed by atoms with Crippen LogP contribution in [-0.2, 0) is 0 Å². The van der Waals surface area contributed by atoms with E-state index in [0.717, 1.165) is 0 Å². The number of rotatable bonds is 4. The van der Waals surface area contributed by atoms with E-state index in [-0.39, 0.29) is 19.8 Å². The van der Waals surface area contributed by atoms with E-state index in [4.69, 9.17) is 15.3 Å². The van der Waals surface area contributed by atoms with Gasteiger partial charge < -0.3 is 15.3 Å². The van der Waals surface area contributed by atoms with Crippen LogP contribution in [0.15, 0.2) is 0 Å². The molecule has 3 N–H and O–H groups in total. The summed E-state index contributed by atoms with van der Waals surface area (Å²) in [4.78, 5) is 0. The Balaban J connectivity index is 4.47. The van der Waals surface area contributed by atoms with E-state index >= 15 is 0 Å². The highest BCUT2D eigenvalue weighted by Gasteiger charge is 2.39. The molecule has 3 heteroatoms. The fourth-order valence-corrected chi connectivity index (χ4v) is 0.669. The predicted octanol–water partition coefficient (Wildman–Crippen LogP) is -0.00420. The Labute approximate surface area is 67.7 Å². The lowest BCUT2D eigenvalue weighted by Gasteiger charge is -2.40. The van der Waals surface area contributed by atoms with Gasteiger partial charge in [0, 0.05) is 12.0 Å². The van der Waals surface area contributed by atoms with Gasteiger partial charge in [0.05, 0.1) is 13.2 Å². The van der Waals surface area contributed by atoms with Crippen LogP contribution in [0.3, 0.4) is 0 Å². The monoisotopic (exact) mass is 162 g/mol. The molecule has 11 heavy (non-hydrogen) atoms. The summed E-state index contributed by atoms with van der Waals surface area (Å²) in [6.07, 6.45) is 0. The van der Waals surface area contributed by atoms with E-state index < -0.39 is 10.8 Å². The minimum Gasteiger partial charge on any atom is -0.396 e. The highest BCUT2D eigenvalue weighted by Crippen LogP contribution is 2.37. The lowest BCUT2D eigenvalue weighted by molar-refractivity contribution is -0.0546. The van der Waals surface area contributed by atoms with E-state index in [1.165, 1.54) is 0 Å². The summed E-state index contributed by atoms with van der Waals surface area (Å²) in [5.74, 6) is 0. The van der Waals surface area contributed by atoms with Crippen LogP contribution in [0.25, 0.3) is 0 Å². The van der Waals surface area contributed by atoms with Gasteiger partial charge in [-0.05, 0) is 5.41 Å². The van der Waals surface area contributed by atoms with Crippen LogP contribution >= 0.6 is 0 Å². The molecule has 0 aliphatic heterocycles. The van der Waals surface area contributed by atoms with Crippen LogP contribution in [0.1, 0.15) is 20.8 Å². The van der Waals surface area contributed by atoms with Crippen molar-refractivity contribution >= 4 is 0 Å². The van der Waals surface area contributed by atoms with E-state index in [0.29, 0.717) is 0 Å². The fourth-order valence-electron chi connectivity index (χ4n) is 0.669. The van der Waals surface area contributed by atoms with Gasteiger partial charge in [0.1, 0.15) is 0 Å². The third-order valence-electron chi connectivity index (χ3n) is 2.73. The van der Waals surface area contributed by atoms with Gasteiger partial charge in [0.2, 0.25) is 0 Å². The summed E-state index contributed by atoms with van der Waals surface area (Å²) in [7, 11) is 0. The molecule has 0 fully saturated rings. The summed E-state index contributed by atoms with van der Waals surface area (Å²) in [6.45, 7) is 5.13. The first-order valence-electron chi connectivity index (χ1n) is 3.76. The minimum atomic E-state index is -0.609. The van der Waals surface area contributed by atoms with Crippen LogP contribution in [0, 0.1) is 10.8 Å². The fraction of sp³-hybridized carbons (Fsp3) is 1.00. The molecule has 0 aromatic heterocycles. The van der Waals surface area contributed by atoms with Crippen LogP contribution in [0.4, 0.5) is 0 Å². The zero-order valence-corrected chi connectivity index (χ0v) is 7.46. The van der Waals surface area contributed by atoms with Crippen LogP contribution in [0.5, 0.6) is 0 Å². The Kier molecular flexibility index (Phi) is 3.48. The van der Waals surface area contributed by atoms with Crippen LogP contribution in [-0.4, -0.2) is 35.1 Å². The summed E-state index contributed by atoms with van der Waals surface area (Å²) in [5.41, 5.74) is -1.06. The van der Waals surface area contributed by atoms with Crippen molar-refractivity contribution in [3.63, 3.8) is 0 Å². The molecule has 0 aliphatic rings. The lowest BCUT2D eigenvalue weighted by atomic mass is 9.68. The molecular weight excluding hydrogens is 144 g/mol. The molecule has 0 aromatic rings. The van der Waals surface area contributed by atoms with Crippen molar-refractivity contribution in [2.75, 3.05) is 19.8 Å². The zero-order valence-electron chi connectivity index (χ0n) is 7.46. The Morgan fingerprint density at radius 2 is 1.18 bits per heavy atom. The van der Waals surface area contributed by atoms with Gasteiger partial charge in [0.15, 0.2) is 0 Å². The molecule has 68 valence electrons. The molecule has 0 unspecified atom stereocenters. The first kappa shape index (κ1) is 10.9. The van der Waals surface area contributed by atoms with Gasteiger partial charge in [-0.2, -0.15) is 0 Å². The Morgan fingerprint density at radius 1 is 0.818 bits per heavy atom. The Morgan fingerprint density at radius 3 is 1.27 bits per heavy atom. The number of hydrogen-bond donors (Lipinski definition) is 3. The van der Waals surface area contributed by atoms with E-state index in [9.17, 15) is 0 Å². The van der Waals surface area contributed by atoms with E-state index in [1.54, 1.807) is 6.92 Å². The SMILES string of the molecule is CC(C)(CO)C(C)(CO)CO. The van der Waals surface area contributed by atoms with Gasteiger partial charge in [0.25, 0.3) is 0 Å². The summed E-state index contributed by atoms with van der Waals surface area (Å²) < 4.78 is 0. The second-order valence-electron chi connectivity index (χ2n) is 3.92. The molecule has 0 saturated heterocycles. The zero-order chi connectivity index (χ0) is 9.12. The summed E-state index contributed by atoms with van der Waals surface area (Å²) in [6, 6.07) is 0. The van der Waals surface area contributed by atoms with Gasteiger partial charge in [-0.3, -0.25) is 0 Å². The third-order valence-corrected chi connectivity index (χ3v) is 2.73. The molecule has 0 bridgehead atoms. The molecule has 0 aromatic carbocycles. The maximum atomic E-state index is 8.98. The van der Waals surface area contributed by atoms with Crippen molar-refractivity contribution in [3.05, 3.63) is 0 Å². The first-order chi connectivity index (χ1) is 4.93. The summed E-state index contributed by atoms with van der Waals surface area (Å²) >= 11 is 0. The number of aliphatic hydroxyl groups is 3. The molecule has 3 nitrogen and oxygen atoms in total. The Bertz CT molecular complexity index is 117. The molecule has 0 amide bonds. The number of hydrogen-bond acceptors (Lipinski definition) is 3. The van der Waals surface area contributed by atoms with E-state index in [1.807, 2.05) is 13.8 Å². The van der Waals surface area contributed by atoms with Crippen molar-refractivity contribution in [3.8, 4) is 0 Å². The maximum Gasteiger partial charge on any atom is 0.0512 e. The van der Waals surface area contributed by atoms with Crippen molar-refractivity contribution in [2.45, 2.75) is 20.8 Å². The second-order valence-corrected chi connectivity index (χ2v) is 3.92. The summed E-state index contributed by atoms with van der Waals surface area (Å²) in [5, 5.41) is 26.9.